The van der Waals surface area contributed by atoms with Crippen molar-refractivity contribution in [2.45, 2.75) is 39.7 Å². The number of hydrogen-bond donors (Lipinski definition) is 1. The number of carbonyl (C=O) groups excluding carboxylic acids is 1. The van der Waals surface area contributed by atoms with Crippen LogP contribution in [-0.4, -0.2) is 24.3 Å². The van der Waals surface area contributed by atoms with E-state index in [1.807, 2.05) is 26.8 Å². The Morgan fingerprint density at radius 1 is 1.26 bits per heavy atom. The van der Waals surface area contributed by atoms with Crippen molar-refractivity contribution in [1.29, 1.82) is 0 Å². The second-order valence-electron chi connectivity index (χ2n) is 4.44. The summed E-state index contributed by atoms with van der Waals surface area (Å²) in [5.41, 5.74) is 1.48. The number of aliphatic hydroxyl groups is 1. The van der Waals surface area contributed by atoms with Gasteiger partial charge < -0.3 is 14.6 Å². The molecule has 0 heterocycles. The highest BCUT2D eigenvalue weighted by atomic mass is 16.5. The molecule has 4 nitrogen and oxygen atoms in total. The summed E-state index contributed by atoms with van der Waals surface area (Å²) in [7, 11) is 0. The molecule has 19 heavy (non-hydrogen) atoms. The van der Waals surface area contributed by atoms with E-state index in [0.29, 0.717) is 24.5 Å². The number of ether oxygens (including phenoxy) is 2. The van der Waals surface area contributed by atoms with E-state index in [2.05, 4.69) is 0 Å². The minimum atomic E-state index is -1.25. The van der Waals surface area contributed by atoms with Gasteiger partial charge in [-0.1, -0.05) is 26.0 Å². The normalized spacial score (nSPS) is 12.0. The van der Waals surface area contributed by atoms with Crippen LogP contribution in [0.5, 0.6) is 5.75 Å². The van der Waals surface area contributed by atoms with Crippen LogP contribution in [0.2, 0.25) is 0 Å². The van der Waals surface area contributed by atoms with E-state index >= 15 is 0 Å². The van der Waals surface area contributed by atoms with Crippen molar-refractivity contribution in [3.8, 4) is 5.75 Å². The van der Waals surface area contributed by atoms with Crippen LogP contribution < -0.4 is 4.74 Å². The molecule has 4 heteroatoms. The first-order chi connectivity index (χ1) is 9.10. The average Bonchev–Trinajstić information content (AvgIpc) is 2.43. The molecule has 0 radical (unpaired) electrons. The second kappa shape index (κ2) is 7.79. The molecule has 1 aromatic carbocycles. The summed E-state index contributed by atoms with van der Waals surface area (Å²) in [5, 5.41) is 9.93. The van der Waals surface area contributed by atoms with E-state index in [-0.39, 0.29) is 0 Å². The molecule has 0 saturated carbocycles. The molecule has 0 aliphatic heterocycles. The van der Waals surface area contributed by atoms with Crippen molar-refractivity contribution in [1.82, 2.24) is 0 Å². The van der Waals surface area contributed by atoms with Gasteiger partial charge in [0.25, 0.3) is 0 Å². The van der Waals surface area contributed by atoms with Gasteiger partial charge in [0.05, 0.1) is 13.2 Å². The number of esters is 1. The fourth-order valence-electron chi connectivity index (χ4n) is 1.57. The Kier molecular flexibility index (Phi) is 6.36. The molecular formula is C15H22O4. The van der Waals surface area contributed by atoms with Crippen molar-refractivity contribution in [3.63, 3.8) is 0 Å². The summed E-state index contributed by atoms with van der Waals surface area (Å²) in [6, 6.07) is 5.24. The van der Waals surface area contributed by atoms with Crippen LogP contribution in [0.3, 0.4) is 0 Å². The first-order valence-corrected chi connectivity index (χ1v) is 6.68. The van der Waals surface area contributed by atoms with Gasteiger partial charge >= 0.3 is 5.97 Å². The summed E-state index contributed by atoms with van der Waals surface area (Å²) in [6.45, 7) is 6.79. The minimum Gasteiger partial charge on any atom is -0.493 e. The van der Waals surface area contributed by atoms with Crippen LogP contribution in [0.15, 0.2) is 18.2 Å². The quantitative estimate of drug-likeness (QED) is 0.771. The summed E-state index contributed by atoms with van der Waals surface area (Å²) in [6.07, 6.45) is 0.387. The Bertz CT molecular complexity index is 415. The van der Waals surface area contributed by atoms with Gasteiger partial charge in [-0.25, -0.2) is 4.79 Å². The van der Waals surface area contributed by atoms with Gasteiger partial charge in [0.1, 0.15) is 5.75 Å². The number of rotatable bonds is 7. The number of carbonyl (C=O) groups is 1. The number of hydrogen-bond acceptors (Lipinski definition) is 4. The molecular weight excluding hydrogens is 244 g/mol. The Morgan fingerprint density at radius 3 is 2.58 bits per heavy atom. The highest BCUT2D eigenvalue weighted by Crippen LogP contribution is 2.24. The third-order valence-corrected chi connectivity index (χ3v) is 2.66. The van der Waals surface area contributed by atoms with E-state index < -0.39 is 12.1 Å². The molecule has 0 bridgehead atoms. The zero-order valence-electron chi connectivity index (χ0n) is 11.8. The standard InChI is InChI=1S/C15H22O4/c1-4-8-18-13-10-12(7-6-11(13)3)14(16)15(17)19-9-5-2/h6-7,10,14,16H,4-5,8-9H2,1-3H3. The first kappa shape index (κ1) is 15.5. The zero-order valence-corrected chi connectivity index (χ0v) is 11.8. The Hall–Kier alpha value is -1.55. The predicted octanol–water partition coefficient (Wildman–Crippen LogP) is 2.77. The van der Waals surface area contributed by atoms with E-state index in [0.717, 1.165) is 18.4 Å². The topological polar surface area (TPSA) is 55.8 Å². The van der Waals surface area contributed by atoms with Gasteiger partial charge in [0, 0.05) is 0 Å². The molecule has 0 amide bonds. The van der Waals surface area contributed by atoms with E-state index in [1.54, 1.807) is 12.1 Å². The van der Waals surface area contributed by atoms with Gasteiger partial charge in [-0.3, -0.25) is 0 Å². The maximum absolute atomic E-state index is 11.6. The van der Waals surface area contributed by atoms with E-state index in [9.17, 15) is 9.90 Å². The third kappa shape index (κ3) is 4.56. The molecule has 1 rings (SSSR count). The molecule has 0 fully saturated rings. The Morgan fingerprint density at radius 2 is 1.95 bits per heavy atom. The van der Waals surface area contributed by atoms with Crippen LogP contribution in [0.25, 0.3) is 0 Å². The highest BCUT2D eigenvalue weighted by Gasteiger charge is 2.19. The van der Waals surface area contributed by atoms with Gasteiger partial charge in [-0.2, -0.15) is 0 Å². The maximum atomic E-state index is 11.6. The van der Waals surface area contributed by atoms with Crippen LogP contribution in [0.1, 0.15) is 43.9 Å². The number of benzene rings is 1. The minimum absolute atomic E-state index is 0.320. The average molecular weight is 266 g/mol. The molecule has 0 aliphatic carbocycles. The summed E-state index contributed by atoms with van der Waals surface area (Å²) >= 11 is 0. The smallest absolute Gasteiger partial charge is 0.339 e. The van der Waals surface area contributed by atoms with Crippen molar-refractivity contribution in [3.05, 3.63) is 29.3 Å². The Labute approximate surface area is 114 Å². The largest absolute Gasteiger partial charge is 0.493 e. The lowest BCUT2D eigenvalue weighted by molar-refractivity contribution is -0.153. The van der Waals surface area contributed by atoms with Crippen LogP contribution in [-0.2, 0) is 9.53 Å². The van der Waals surface area contributed by atoms with Gasteiger partial charge in [-0.15, -0.1) is 0 Å². The summed E-state index contributed by atoms with van der Waals surface area (Å²) in [5.74, 6) is 0.0776. The molecule has 0 aliphatic rings. The molecule has 1 atom stereocenters. The van der Waals surface area contributed by atoms with Crippen LogP contribution >= 0.6 is 0 Å². The second-order valence-corrected chi connectivity index (χ2v) is 4.44. The molecule has 106 valence electrons. The van der Waals surface area contributed by atoms with E-state index in [1.165, 1.54) is 0 Å². The van der Waals surface area contributed by atoms with Gasteiger partial charge in [0.2, 0.25) is 0 Å². The fourth-order valence-corrected chi connectivity index (χ4v) is 1.57. The van der Waals surface area contributed by atoms with E-state index in [4.69, 9.17) is 9.47 Å². The first-order valence-electron chi connectivity index (χ1n) is 6.68. The molecule has 0 saturated heterocycles. The maximum Gasteiger partial charge on any atom is 0.339 e. The lowest BCUT2D eigenvalue weighted by Gasteiger charge is -2.14. The number of aryl methyl sites for hydroxylation is 1. The molecule has 1 aromatic rings. The van der Waals surface area contributed by atoms with Crippen molar-refractivity contribution < 1.29 is 19.4 Å². The van der Waals surface area contributed by atoms with Crippen LogP contribution in [0.4, 0.5) is 0 Å². The molecule has 0 aromatic heterocycles. The zero-order chi connectivity index (χ0) is 14.3. The number of aliphatic hydroxyl groups excluding tert-OH is 1. The predicted molar refractivity (Wildman–Crippen MR) is 73.2 cm³/mol. The van der Waals surface area contributed by atoms with Gasteiger partial charge in [0.15, 0.2) is 6.10 Å². The molecule has 1 N–H and O–H groups in total. The SMILES string of the molecule is CCCOC(=O)C(O)c1ccc(C)c(OCCC)c1. The fraction of sp³-hybridized carbons (Fsp3) is 0.533. The Balaban J connectivity index is 2.79. The summed E-state index contributed by atoms with van der Waals surface area (Å²) in [4.78, 5) is 11.6. The molecule has 1 unspecified atom stereocenters. The van der Waals surface area contributed by atoms with Crippen molar-refractivity contribution in [2.75, 3.05) is 13.2 Å². The summed E-state index contributed by atoms with van der Waals surface area (Å²) < 4.78 is 10.5. The highest BCUT2D eigenvalue weighted by molar-refractivity contribution is 5.76. The van der Waals surface area contributed by atoms with Crippen LogP contribution in [0, 0.1) is 6.92 Å². The van der Waals surface area contributed by atoms with Gasteiger partial charge in [-0.05, 0) is 37.0 Å². The molecule has 0 spiro atoms. The lowest BCUT2D eigenvalue weighted by Crippen LogP contribution is -2.16. The lowest BCUT2D eigenvalue weighted by atomic mass is 10.1. The van der Waals surface area contributed by atoms with Crippen molar-refractivity contribution in [2.24, 2.45) is 0 Å². The third-order valence-electron chi connectivity index (χ3n) is 2.66. The van der Waals surface area contributed by atoms with Crippen molar-refractivity contribution >= 4 is 5.97 Å². The monoisotopic (exact) mass is 266 g/mol.